The molecule has 0 amide bonds. The monoisotopic (exact) mass is 497 g/mol. The third-order valence-electron chi connectivity index (χ3n) is 6.45. The molecular formula is C34H19N5. The highest BCUT2D eigenvalue weighted by Crippen LogP contribution is 2.37. The molecule has 0 aliphatic rings. The zero-order valence-corrected chi connectivity index (χ0v) is 20.7. The van der Waals surface area contributed by atoms with E-state index in [-0.39, 0.29) is 0 Å². The zero-order valence-electron chi connectivity index (χ0n) is 20.7. The quantitative estimate of drug-likeness (QED) is 0.245. The van der Waals surface area contributed by atoms with Gasteiger partial charge >= 0.3 is 0 Å². The van der Waals surface area contributed by atoms with E-state index in [9.17, 15) is 10.5 Å². The molecule has 0 radical (unpaired) electrons. The average molecular weight is 498 g/mol. The van der Waals surface area contributed by atoms with E-state index >= 15 is 0 Å². The maximum atomic E-state index is 9.64. The first-order valence-electron chi connectivity index (χ1n) is 12.1. The lowest BCUT2D eigenvalue weighted by molar-refractivity contribution is 1.27. The Morgan fingerprint density at radius 1 is 0.359 bits per heavy atom. The summed E-state index contributed by atoms with van der Waals surface area (Å²) in [6, 6.07) is 44.7. The number of nitriles is 4. The van der Waals surface area contributed by atoms with Crippen LogP contribution < -0.4 is 4.90 Å². The normalized spacial score (nSPS) is 9.95. The average Bonchev–Trinajstić information content (AvgIpc) is 3.02. The van der Waals surface area contributed by atoms with Gasteiger partial charge in [0, 0.05) is 17.1 Å². The van der Waals surface area contributed by atoms with Crippen LogP contribution in [0.2, 0.25) is 0 Å². The van der Waals surface area contributed by atoms with Gasteiger partial charge in [-0.3, -0.25) is 0 Å². The van der Waals surface area contributed by atoms with Crippen LogP contribution in [0.1, 0.15) is 22.3 Å². The zero-order chi connectivity index (χ0) is 27.2. The van der Waals surface area contributed by atoms with Gasteiger partial charge < -0.3 is 4.90 Å². The van der Waals surface area contributed by atoms with Crippen LogP contribution in [0.3, 0.4) is 0 Å². The van der Waals surface area contributed by atoms with Crippen LogP contribution in [0, 0.1) is 45.3 Å². The minimum atomic E-state index is 0.309. The van der Waals surface area contributed by atoms with Crippen molar-refractivity contribution in [1.29, 1.82) is 21.0 Å². The molecule has 0 bridgehead atoms. The summed E-state index contributed by atoms with van der Waals surface area (Å²) < 4.78 is 0. The predicted molar refractivity (Wildman–Crippen MR) is 151 cm³/mol. The lowest BCUT2D eigenvalue weighted by atomic mass is 10.0. The van der Waals surface area contributed by atoms with Crippen LogP contribution in [0.4, 0.5) is 17.1 Å². The Kier molecular flexibility index (Phi) is 6.84. The Bertz CT molecular complexity index is 1710. The van der Waals surface area contributed by atoms with E-state index in [0.29, 0.717) is 22.3 Å². The van der Waals surface area contributed by atoms with Gasteiger partial charge in [-0.2, -0.15) is 21.0 Å². The molecule has 0 N–H and O–H groups in total. The Morgan fingerprint density at radius 2 is 0.718 bits per heavy atom. The van der Waals surface area contributed by atoms with Crippen LogP contribution in [0.5, 0.6) is 0 Å². The molecule has 0 unspecified atom stereocenters. The molecular weight excluding hydrogens is 478 g/mol. The molecule has 0 aliphatic heterocycles. The molecule has 180 valence electrons. The summed E-state index contributed by atoms with van der Waals surface area (Å²) >= 11 is 0. The van der Waals surface area contributed by atoms with Crippen LogP contribution in [0.15, 0.2) is 115 Å². The van der Waals surface area contributed by atoms with Crippen LogP contribution in [0.25, 0.3) is 22.3 Å². The highest BCUT2D eigenvalue weighted by molar-refractivity contribution is 5.80. The van der Waals surface area contributed by atoms with Gasteiger partial charge in [-0.1, -0.05) is 48.5 Å². The van der Waals surface area contributed by atoms with Gasteiger partial charge in [0.25, 0.3) is 0 Å². The maximum Gasteiger partial charge on any atom is 0.101 e. The SMILES string of the molecule is N#Cc1ccc(-c2ccc(N(c3ccc(-c4ccc(C#N)cc4)cc3)c3ccc(C#N)c(C#N)c3)cc2)cc1. The Morgan fingerprint density at radius 3 is 1.08 bits per heavy atom. The van der Waals surface area contributed by atoms with Crippen LogP contribution in [-0.2, 0) is 0 Å². The summed E-state index contributed by atoms with van der Waals surface area (Å²) in [6.07, 6.45) is 0. The van der Waals surface area contributed by atoms with Gasteiger partial charge in [0.1, 0.15) is 12.1 Å². The standard InChI is InChI=1S/C34H19N5/c35-20-24-1-5-26(6-2-24)28-9-14-32(15-10-28)39(34-18-13-30(22-37)31(19-34)23-38)33-16-11-29(12-17-33)27-7-3-25(21-36)4-8-27/h1-19H. The summed E-state index contributed by atoms with van der Waals surface area (Å²) in [7, 11) is 0. The van der Waals surface area contributed by atoms with Gasteiger partial charge in [-0.25, -0.2) is 0 Å². The van der Waals surface area contributed by atoms with Crippen molar-refractivity contribution in [3.63, 3.8) is 0 Å². The van der Waals surface area contributed by atoms with E-state index in [1.54, 1.807) is 36.4 Å². The van der Waals surface area contributed by atoms with Crippen molar-refractivity contribution in [2.45, 2.75) is 0 Å². The first-order chi connectivity index (χ1) is 19.1. The van der Waals surface area contributed by atoms with Crippen molar-refractivity contribution in [2.75, 3.05) is 4.90 Å². The number of nitrogens with zero attached hydrogens (tertiary/aromatic N) is 5. The minimum Gasteiger partial charge on any atom is -0.310 e. The molecule has 5 aromatic rings. The van der Waals surface area contributed by atoms with Crippen molar-refractivity contribution in [3.05, 3.63) is 138 Å². The van der Waals surface area contributed by atoms with E-state index in [0.717, 1.165) is 39.3 Å². The third-order valence-corrected chi connectivity index (χ3v) is 6.45. The van der Waals surface area contributed by atoms with E-state index < -0.39 is 0 Å². The molecule has 0 spiro atoms. The van der Waals surface area contributed by atoms with Crippen molar-refractivity contribution in [1.82, 2.24) is 0 Å². The largest absolute Gasteiger partial charge is 0.310 e. The fourth-order valence-corrected chi connectivity index (χ4v) is 4.39. The lowest BCUT2D eigenvalue weighted by Crippen LogP contribution is -2.10. The third kappa shape index (κ3) is 5.07. The van der Waals surface area contributed by atoms with E-state index in [4.69, 9.17) is 10.5 Å². The summed E-state index contributed by atoms with van der Waals surface area (Å²) in [5.74, 6) is 0. The molecule has 5 rings (SSSR count). The fraction of sp³-hybridized carbons (Fsp3) is 0. The van der Waals surface area contributed by atoms with Gasteiger partial charge in [0.2, 0.25) is 0 Å². The van der Waals surface area contributed by atoms with Crippen LogP contribution in [-0.4, -0.2) is 0 Å². The minimum absolute atomic E-state index is 0.309. The molecule has 0 saturated carbocycles. The van der Waals surface area contributed by atoms with Crippen molar-refractivity contribution >= 4 is 17.1 Å². The molecule has 0 fully saturated rings. The highest BCUT2D eigenvalue weighted by Gasteiger charge is 2.15. The summed E-state index contributed by atoms with van der Waals surface area (Å²) in [6.45, 7) is 0. The van der Waals surface area contributed by atoms with Crippen molar-refractivity contribution < 1.29 is 0 Å². The number of hydrogen-bond acceptors (Lipinski definition) is 5. The second-order valence-corrected chi connectivity index (χ2v) is 8.76. The Labute approximate surface area is 226 Å². The summed E-state index contributed by atoms with van der Waals surface area (Å²) in [5, 5.41) is 37.2. The number of benzene rings is 5. The van der Waals surface area contributed by atoms with Gasteiger partial charge in [0.15, 0.2) is 0 Å². The molecule has 0 atom stereocenters. The van der Waals surface area contributed by atoms with Crippen molar-refractivity contribution in [3.8, 4) is 46.5 Å². The molecule has 5 nitrogen and oxygen atoms in total. The second-order valence-electron chi connectivity index (χ2n) is 8.76. The fourth-order valence-electron chi connectivity index (χ4n) is 4.39. The predicted octanol–water partition coefficient (Wildman–Crippen LogP) is 7.98. The Balaban J connectivity index is 1.55. The van der Waals surface area contributed by atoms with Gasteiger partial charge in [-0.05, 0) is 89.0 Å². The first-order valence-corrected chi connectivity index (χ1v) is 12.1. The molecule has 5 aromatic carbocycles. The molecule has 39 heavy (non-hydrogen) atoms. The Hall–Kier alpha value is -6.14. The van der Waals surface area contributed by atoms with E-state index in [2.05, 4.69) is 24.3 Å². The molecule has 0 aromatic heterocycles. The van der Waals surface area contributed by atoms with Crippen molar-refractivity contribution in [2.24, 2.45) is 0 Å². The second kappa shape index (κ2) is 10.9. The summed E-state index contributed by atoms with van der Waals surface area (Å²) in [4.78, 5) is 2.03. The van der Waals surface area contributed by atoms with Gasteiger partial charge in [0.05, 0.1) is 34.4 Å². The molecule has 0 saturated heterocycles. The molecule has 0 heterocycles. The number of rotatable bonds is 5. The van der Waals surface area contributed by atoms with E-state index in [1.807, 2.05) is 83.8 Å². The first kappa shape index (κ1) is 24.5. The summed E-state index contributed by atoms with van der Waals surface area (Å²) in [5.41, 5.74) is 8.40. The van der Waals surface area contributed by atoms with E-state index in [1.165, 1.54) is 0 Å². The topological polar surface area (TPSA) is 98.4 Å². The number of anilines is 3. The number of hydrogen-bond donors (Lipinski definition) is 0. The highest BCUT2D eigenvalue weighted by atomic mass is 15.1. The maximum absolute atomic E-state index is 9.64. The smallest absolute Gasteiger partial charge is 0.101 e. The van der Waals surface area contributed by atoms with Gasteiger partial charge in [-0.15, -0.1) is 0 Å². The molecule has 0 aliphatic carbocycles. The van der Waals surface area contributed by atoms with Crippen LogP contribution >= 0.6 is 0 Å². The lowest BCUT2D eigenvalue weighted by Gasteiger charge is -2.26. The molecule has 5 heteroatoms.